The van der Waals surface area contributed by atoms with Gasteiger partial charge in [-0.05, 0) is 56.8 Å². The molecule has 1 aromatic carbocycles. The van der Waals surface area contributed by atoms with Crippen LogP contribution in [0.3, 0.4) is 0 Å². The zero-order valence-corrected chi connectivity index (χ0v) is 15.3. The molecule has 2 aromatic rings. The monoisotopic (exact) mass is 343 g/mol. The number of carbonyl (C=O) groups excluding carboxylic acids is 1. The maximum absolute atomic E-state index is 12.0. The molecule has 0 unspecified atom stereocenters. The number of methoxy groups -OCH3 is 1. The summed E-state index contributed by atoms with van der Waals surface area (Å²) in [6, 6.07) is 8.56. The number of nitrogens with zero attached hydrogens (tertiary/aromatic N) is 1. The van der Waals surface area contributed by atoms with Crippen molar-refractivity contribution in [2.24, 2.45) is 0 Å². The van der Waals surface area contributed by atoms with E-state index in [0.29, 0.717) is 25.6 Å². The third kappa shape index (κ3) is 4.41. The Balaban J connectivity index is 1.52. The molecule has 3 rings (SSSR count). The summed E-state index contributed by atoms with van der Waals surface area (Å²) in [6.07, 6.45) is 3.09. The predicted octanol–water partition coefficient (Wildman–Crippen LogP) is 2.81. The Morgan fingerprint density at radius 3 is 2.84 bits per heavy atom. The zero-order chi connectivity index (χ0) is 17.6. The number of hydrogen-bond donors (Lipinski definition) is 2. The Morgan fingerprint density at radius 1 is 1.32 bits per heavy atom. The molecule has 0 bridgehead atoms. The molecule has 1 aliphatic heterocycles. The van der Waals surface area contributed by atoms with Gasteiger partial charge in [0.25, 0.3) is 0 Å². The number of nitrogens with one attached hydrogen (secondary N) is 2. The van der Waals surface area contributed by atoms with Gasteiger partial charge in [0.1, 0.15) is 0 Å². The summed E-state index contributed by atoms with van der Waals surface area (Å²) >= 11 is 0. The van der Waals surface area contributed by atoms with Gasteiger partial charge in [-0.15, -0.1) is 0 Å². The molecule has 2 N–H and O–H groups in total. The number of H-pyrrole nitrogens is 1. The van der Waals surface area contributed by atoms with Gasteiger partial charge >= 0.3 is 0 Å². The fraction of sp³-hybridized carbons (Fsp3) is 0.550. The summed E-state index contributed by atoms with van der Waals surface area (Å²) in [5, 5.41) is 4.33. The summed E-state index contributed by atoms with van der Waals surface area (Å²) in [4.78, 5) is 17.8. The van der Waals surface area contributed by atoms with E-state index in [1.54, 1.807) is 7.11 Å². The minimum atomic E-state index is 0.123. The Hall–Kier alpha value is -1.85. The normalized spacial score (nSPS) is 16.4. The molecule has 25 heavy (non-hydrogen) atoms. The lowest BCUT2D eigenvalue weighted by molar-refractivity contribution is -0.122. The third-order valence-electron chi connectivity index (χ3n) is 5.15. The molecule has 1 aromatic heterocycles. The lowest BCUT2D eigenvalue weighted by Crippen LogP contribution is -2.41. The first-order chi connectivity index (χ1) is 12.2. The Bertz CT molecular complexity index is 702. The van der Waals surface area contributed by atoms with E-state index < -0.39 is 0 Å². The van der Waals surface area contributed by atoms with Crippen LogP contribution in [0.5, 0.6) is 0 Å². The fourth-order valence-corrected chi connectivity index (χ4v) is 3.91. The van der Waals surface area contributed by atoms with Crippen LogP contribution in [0, 0.1) is 6.92 Å². The van der Waals surface area contributed by atoms with E-state index in [4.69, 9.17) is 4.74 Å². The molecule has 5 heteroatoms. The van der Waals surface area contributed by atoms with Crippen LogP contribution in [0.2, 0.25) is 0 Å². The van der Waals surface area contributed by atoms with Crippen LogP contribution in [-0.2, 0) is 9.53 Å². The summed E-state index contributed by atoms with van der Waals surface area (Å²) in [6.45, 7) is 6.03. The van der Waals surface area contributed by atoms with Crippen molar-refractivity contribution < 1.29 is 9.53 Å². The first-order valence-electron chi connectivity index (χ1n) is 9.24. The highest BCUT2D eigenvalue weighted by molar-refractivity contribution is 5.85. The average Bonchev–Trinajstić information content (AvgIpc) is 2.95. The van der Waals surface area contributed by atoms with E-state index >= 15 is 0 Å². The summed E-state index contributed by atoms with van der Waals surface area (Å²) in [5.41, 5.74) is 3.99. The van der Waals surface area contributed by atoms with Crippen molar-refractivity contribution in [3.63, 3.8) is 0 Å². The van der Waals surface area contributed by atoms with Crippen molar-refractivity contribution in [1.29, 1.82) is 0 Å². The molecule has 2 heterocycles. The molecule has 1 fully saturated rings. The maximum atomic E-state index is 12.0. The van der Waals surface area contributed by atoms with Gasteiger partial charge in [0.05, 0.1) is 6.54 Å². The van der Waals surface area contributed by atoms with Gasteiger partial charge < -0.3 is 15.0 Å². The number of aromatic amines is 1. The molecular weight excluding hydrogens is 314 g/mol. The van der Waals surface area contributed by atoms with Crippen LogP contribution in [0.1, 0.15) is 36.4 Å². The summed E-state index contributed by atoms with van der Waals surface area (Å²) < 4.78 is 5.00. The third-order valence-corrected chi connectivity index (χ3v) is 5.15. The van der Waals surface area contributed by atoms with Crippen molar-refractivity contribution in [2.75, 3.05) is 39.9 Å². The van der Waals surface area contributed by atoms with Gasteiger partial charge in [-0.25, -0.2) is 0 Å². The number of aryl methyl sites for hydroxylation is 1. The van der Waals surface area contributed by atoms with E-state index in [1.165, 1.54) is 22.2 Å². The van der Waals surface area contributed by atoms with Crippen LogP contribution in [-0.4, -0.2) is 55.7 Å². The van der Waals surface area contributed by atoms with Gasteiger partial charge in [-0.1, -0.05) is 18.2 Å². The minimum absolute atomic E-state index is 0.123. The number of amides is 1. The zero-order valence-electron chi connectivity index (χ0n) is 15.3. The van der Waals surface area contributed by atoms with Crippen LogP contribution in [0.4, 0.5) is 0 Å². The lowest BCUT2D eigenvalue weighted by atomic mass is 9.87. The number of carbonyl (C=O) groups is 1. The quantitative estimate of drug-likeness (QED) is 0.760. The fourth-order valence-electron chi connectivity index (χ4n) is 3.91. The highest BCUT2D eigenvalue weighted by Crippen LogP contribution is 2.35. The van der Waals surface area contributed by atoms with Crippen LogP contribution >= 0.6 is 0 Å². The average molecular weight is 343 g/mol. The molecule has 0 spiro atoms. The molecule has 1 amide bonds. The first kappa shape index (κ1) is 18.0. The number of aromatic nitrogens is 1. The van der Waals surface area contributed by atoms with Crippen LogP contribution in [0.15, 0.2) is 24.3 Å². The van der Waals surface area contributed by atoms with Gasteiger partial charge in [0, 0.05) is 36.9 Å². The van der Waals surface area contributed by atoms with Crippen molar-refractivity contribution in [3.8, 4) is 0 Å². The predicted molar refractivity (Wildman–Crippen MR) is 101 cm³/mol. The molecular formula is C20H29N3O2. The van der Waals surface area contributed by atoms with E-state index in [9.17, 15) is 4.79 Å². The highest BCUT2D eigenvalue weighted by atomic mass is 16.5. The number of fused-ring (bicyclic) bond motifs is 1. The number of hydrogen-bond acceptors (Lipinski definition) is 3. The SMILES string of the molecule is COCCCNC(=O)CN1CCC(c2c(C)[nH]c3ccccc23)CC1. The number of benzene rings is 1. The molecule has 1 aliphatic rings. The second kappa shape index (κ2) is 8.50. The van der Waals surface area contributed by atoms with Crippen molar-refractivity contribution >= 4 is 16.8 Å². The largest absolute Gasteiger partial charge is 0.385 e. The van der Waals surface area contributed by atoms with Crippen molar-refractivity contribution in [3.05, 3.63) is 35.5 Å². The van der Waals surface area contributed by atoms with E-state index in [-0.39, 0.29) is 5.91 Å². The summed E-state index contributed by atoms with van der Waals surface area (Å²) in [7, 11) is 1.68. The van der Waals surface area contributed by atoms with Gasteiger partial charge in [-0.2, -0.15) is 0 Å². The Labute approximate surface area is 149 Å². The molecule has 1 saturated heterocycles. The van der Waals surface area contributed by atoms with E-state index in [0.717, 1.165) is 32.4 Å². The second-order valence-electron chi connectivity index (χ2n) is 6.96. The van der Waals surface area contributed by atoms with Crippen LogP contribution < -0.4 is 5.32 Å². The standard InChI is InChI=1S/C20H29N3O2/c1-15-20(17-6-3-4-7-18(17)22-15)16-8-11-23(12-9-16)14-19(24)21-10-5-13-25-2/h3-4,6-7,16,22H,5,8-14H2,1-2H3,(H,21,24). The lowest BCUT2D eigenvalue weighted by Gasteiger charge is -2.31. The number of piperidine rings is 1. The topological polar surface area (TPSA) is 57.4 Å². The number of para-hydroxylation sites is 1. The second-order valence-corrected chi connectivity index (χ2v) is 6.96. The summed E-state index contributed by atoms with van der Waals surface area (Å²) in [5.74, 6) is 0.704. The Morgan fingerprint density at radius 2 is 2.08 bits per heavy atom. The van der Waals surface area contributed by atoms with Gasteiger partial charge in [0.2, 0.25) is 5.91 Å². The van der Waals surface area contributed by atoms with Gasteiger partial charge in [-0.3, -0.25) is 9.69 Å². The van der Waals surface area contributed by atoms with Crippen LogP contribution in [0.25, 0.3) is 10.9 Å². The molecule has 0 atom stereocenters. The van der Waals surface area contributed by atoms with Crippen molar-refractivity contribution in [2.45, 2.75) is 32.1 Å². The Kier molecular flexibility index (Phi) is 6.10. The minimum Gasteiger partial charge on any atom is -0.385 e. The van der Waals surface area contributed by atoms with Gasteiger partial charge in [0.15, 0.2) is 0 Å². The number of rotatable bonds is 7. The van der Waals surface area contributed by atoms with Crippen molar-refractivity contribution in [1.82, 2.24) is 15.2 Å². The molecule has 0 saturated carbocycles. The number of likely N-dealkylation sites (tertiary alicyclic amines) is 1. The maximum Gasteiger partial charge on any atom is 0.234 e. The highest BCUT2D eigenvalue weighted by Gasteiger charge is 2.25. The number of ether oxygens (including phenoxy) is 1. The first-order valence-corrected chi connectivity index (χ1v) is 9.24. The molecule has 0 radical (unpaired) electrons. The smallest absolute Gasteiger partial charge is 0.234 e. The molecule has 0 aliphatic carbocycles. The van der Waals surface area contributed by atoms with E-state index in [2.05, 4.69) is 46.4 Å². The van der Waals surface area contributed by atoms with E-state index in [1.807, 2.05) is 0 Å². The molecule has 5 nitrogen and oxygen atoms in total. The molecule has 136 valence electrons.